The number of benzene rings is 1. The minimum atomic E-state index is -0.484. The maximum Gasteiger partial charge on any atom is 0.374 e. The molecule has 118 valence electrons. The number of carbonyl (C=O) groups is 1. The standard InChI is InChI=1S/C17H15NO4S/c1-2-21-17(19)16-13(12-7-3-4-8-14(12)22-16)11-23-15-9-5-6-10-18(15)20/h3-10H,2,11H2,1H3. The van der Waals surface area contributed by atoms with E-state index in [1.54, 1.807) is 25.1 Å². The zero-order valence-corrected chi connectivity index (χ0v) is 13.3. The topological polar surface area (TPSA) is 66.4 Å². The van der Waals surface area contributed by atoms with Gasteiger partial charge in [-0.25, -0.2) is 4.79 Å². The van der Waals surface area contributed by atoms with E-state index in [2.05, 4.69) is 0 Å². The minimum Gasteiger partial charge on any atom is -0.618 e. The summed E-state index contributed by atoms with van der Waals surface area (Å²) in [6, 6.07) is 12.7. The molecule has 0 aliphatic carbocycles. The summed E-state index contributed by atoms with van der Waals surface area (Å²) < 4.78 is 11.5. The average Bonchev–Trinajstić information content (AvgIpc) is 2.93. The highest BCUT2D eigenvalue weighted by atomic mass is 32.2. The lowest BCUT2D eigenvalue weighted by Crippen LogP contribution is -2.27. The summed E-state index contributed by atoms with van der Waals surface area (Å²) >= 11 is 1.35. The van der Waals surface area contributed by atoms with E-state index in [4.69, 9.17) is 9.15 Å². The van der Waals surface area contributed by atoms with Gasteiger partial charge in [0.2, 0.25) is 5.76 Å². The molecule has 0 spiro atoms. The summed E-state index contributed by atoms with van der Waals surface area (Å²) in [6.45, 7) is 2.03. The second-order valence-electron chi connectivity index (χ2n) is 4.78. The van der Waals surface area contributed by atoms with Crippen molar-refractivity contribution >= 4 is 28.7 Å². The van der Waals surface area contributed by atoms with Gasteiger partial charge in [0, 0.05) is 28.8 Å². The van der Waals surface area contributed by atoms with Crippen molar-refractivity contribution in [1.29, 1.82) is 0 Å². The molecule has 0 N–H and O–H groups in total. The number of hydrogen-bond acceptors (Lipinski definition) is 5. The van der Waals surface area contributed by atoms with Gasteiger partial charge in [-0.3, -0.25) is 0 Å². The first-order valence-corrected chi connectivity index (χ1v) is 8.17. The number of carbonyl (C=O) groups excluding carboxylic acids is 1. The van der Waals surface area contributed by atoms with Crippen molar-refractivity contribution in [2.45, 2.75) is 17.7 Å². The van der Waals surface area contributed by atoms with Gasteiger partial charge >= 0.3 is 5.97 Å². The average molecular weight is 329 g/mol. The third kappa shape index (κ3) is 3.17. The van der Waals surface area contributed by atoms with Crippen LogP contribution in [0.2, 0.25) is 0 Å². The summed E-state index contributed by atoms with van der Waals surface area (Å²) in [6.07, 6.45) is 1.45. The number of para-hydroxylation sites is 1. The molecule has 2 aromatic heterocycles. The number of hydrogen-bond donors (Lipinski definition) is 0. The molecule has 0 atom stereocenters. The first-order chi connectivity index (χ1) is 11.2. The van der Waals surface area contributed by atoms with Crippen molar-refractivity contribution in [1.82, 2.24) is 0 Å². The molecule has 0 saturated carbocycles. The summed E-state index contributed by atoms with van der Waals surface area (Å²) in [7, 11) is 0. The van der Waals surface area contributed by atoms with E-state index in [1.807, 2.05) is 24.3 Å². The zero-order valence-electron chi connectivity index (χ0n) is 12.5. The fraction of sp³-hybridized carbons (Fsp3) is 0.176. The maximum atomic E-state index is 12.1. The molecule has 6 heteroatoms. The number of esters is 1. The first-order valence-electron chi connectivity index (χ1n) is 7.19. The van der Waals surface area contributed by atoms with Gasteiger partial charge in [-0.2, -0.15) is 4.73 Å². The van der Waals surface area contributed by atoms with Crippen LogP contribution in [-0.4, -0.2) is 12.6 Å². The molecule has 5 nitrogen and oxygen atoms in total. The molecule has 0 aliphatic heterocycles. The Morgan fingerprint density at radius 2 is 2.04 bits per heavy atom. The van der Waals surface area contributed by atoms with Crippen LogP contribution < -0.4 is 4.73 Å². The lowest BCUT2D eigenvalue weighted by atomic mass is 10.1. The van der Waals surface area contributed by atoms with Crippen molar-refractivity contribution in [3.63, 3.8) is 0 Å². The van der Waals surface area contributed by atoms with Crippen LogP contribution in [0.15, 0.2) is 58.1 Å². The predicted molar refractivity (Wildman–Crippen MR) is 87.1 cm³/mol. The van der Waals surface area contributed by atoms with Crippen molar-refractivity contribution in [3.05, 3.63) is 65.2 Å². The van der Waals surface area contributed by atoms with E-state index in [9.17, 15) is 10.0 Å². The van der Waals surface area contributed by atoms with Crippen molar-refractivity contribution in [2.24, 2.45) is 0 Å². The van der Waals surface area contributed by atoms with Crippen LogP contribution in [0.5, 0.6) is 0 Å². The Morgan fingerprint density at radius 1 is 1.26 bits per heavy atom. The van der Waals surface area contributed by atoms with Gasteiger partial charge in [-0.05, 0) is 19.1 Å². The molecule has 0 amide bonds. The van der Waals surface area contributed by atoms with Crippen molar-refractivity contribution < 1.29 is 18.7 Å². The monoisotopic (exact) mass is 329 g/mol. The zero-order chi connectivity index (χ0) is 16.2. The summed E-state index contributed by atoms with van der Waals surface area (Å²) in [5.41, 5.74) is 1.38. The van der Waals surface area contributed by atoms with Gasteiger partial charge in [-0.1, -0.05) is 30.0 Å². The maximum absolute atomic E-state index is 12.1. The van der Waals surface area contributed by atoms with Crippen LogP contribution in [0, 0.1) is 5.21 Å². The fourth-order valence-corrected chi connectivity index (χ4v) is 3.22. The molecule has 23 heavy (non-hydrogen) atoms. The minimum absolute atomic E-state index is 0.203. The smallest absolute Gasteiger partial charge is 0.374 e. The molecule has 1 aromatic carbocycles. The van der Waals surface area contributed by atoms with Crippen LogP contribution in [0.3, 0.4) is 0 Å². The molecular formula is C17H15NO4S. The molecule has 0 bridgehead atoms. The van der Waals surface area contributed by atoms with Gasteiger partial charge in [0.15, 0.2) is 6.20 Å². The number of ether oxygens (including phenoxy) is 1. The van der Waals surface area contributed by atoms with Gasteiger partial charge in [0.25, 0.3) is 5.03 Å². The van der Waals surface area contributed by atoms with Crippen LogP contribution in [0.4, 0.5) is 0 Å². The molecule has 3 rings (SSSR count). The van der Waals surface area contributed by atoms with E-state index in [1.165, 1.54) is 18.0 Å². The van der Waals surface area contributed by atoms with Crippen molar-refractivity contribution in [2.75, 3.05) is 6.61 Å². The molecule has 0 saturated heterocycles. The van der Waals surface area contributed by atoms with Gasteiger partial charge in [0.1, 0.15) is 5.58 Å². The number of aromatic nitrogens is 1. The highest BCUT2D eigenvalue weighted by Gasteiger charge is 2.22. The van der Waals surface area contributed by atoms with Crippen LogP contribution in [-0.2, 0) is 10.5 Å². The fourth-order valence-electron chi connectivity index (χ4n) is 2.27. The number of furan rings is 1. The molecule has 0 fully saturated rings. The Balaban J connectivity index is 1.96. The largest absolute Gasteiger partial charge is 0.618 e. The third-order valence-electron chi connectivity index (χ3n) is 3.31. The highest BCUT2D eigenvalue weighted by molar-refractivity contribution is 7.98. The molecule has 3 aromatic rings. The van der Waals surface area contributed by atoms with Gasteiger partial charge in [0.05, 0.1) is 6.61 Å². The van der Waals surface area contributed by atoms with E-state index >= 15 is 0 Å². The molecule has 0 unspecified atom stereocenters. The molecule has 0 aliphatic rings. The van der Waals surface area contributed by atoms with Crippen LogP contribution in [0.1, 0.15) is 23.0 Å². The van der Waals surface area contributed by atoms with E-state index < -0.39 is 5.97 Å². The second kappa shape index (κ2) is 6.75. The Bertz CT molecular complexity index is 843. The van der Waals surface area contributed by atoms with Crippen LogP contribution >= 0.6 is 11.8 Å². The van der Waals surface area contributed by atoms with Gasteiger partial charge < -0.3 is 14.4 Å². The van der Waals surface area contributed by atoms with Crippen molar-refractivity contribution in [3.8, 4) is 0 Å². The molecular weight excluding hydrogens is 314 g/mol. The number of pyridine rings is 1. The highest BCUT2D eigenvalue weighted by Crippen LogP contribution is 2.31. The quantitative estimate of drug-likeness (QED) is 0.310. The Kier molecular flexibility index (Phi) is 4.52. The lowest BCUT2D eigenvalue weighted by molar-refractivity contribution is -0.645. The SMILES string of the molecule is CCOC(=O)c1oc2ccccc2c1CSc1cccc[n+]1[O-]. The van der Waals surface area contributed by atoms with Gasteiger partial charge in [-0.15, -0.1) is 0 Å². The normalized spacial score (nSPS) is 10.8. The van der Waals surface area contributed by atoms with Crippen LogP contribution in [0.25, 0.3) is 11.0 Å². The summed E-state index contributed by atoms with van der Waals surface area (Å²) in [5.74, 6) is 0.161. The number of rotatable bonds is 5. The summed E-state index contributed by atoms with van der Waals surface area (Å²) in [5, 5.41) is 13.2. The Labute approximate surface area is 137 Å². The Morgan fingerprint density at radius 3 is 2.83 bits per heavy atom. The molecule has 2 heterocycles. The predicted octanol–water partition coefficient (Wildman–Crippen LogP) is 3.54. The summed E-state index contributed by atoms with van der Waals surface area (Å²) in [4.78, 5) is 12.1. The van der Waals surface area contributed by atoms with E-state index in [0.29, 0.717) is 16.4 Å². The lowest BCUT2D eigenvalue weighted by Gasteiger charge is -2.04. The second-order valence-corrected chi connectivity index (χ2v) is 5.78. The Hall–Kier alpha value is -2.47. The molecule has 0 radical (unpaired) electrons. The number of nitrogens with zero attached hydrogens (tertiary/aromatic N) is 1. The van der Waals surface area contributed by atoms with E-state index in [-0.39, 0.29) is 12.4 Å². The number of thioether (sulfide) groups is 1. The van der Waals surface area contributed by atoms with E-state index in [0.717, 1.165) is 15.7 Å². The third-order valence-corrected chi connectivity index (χ3v) is 4.36. The number of fused-ring (bicyclic) bond motifs is 1. The first kappa shape index (κ1) is 15.4.